The molecule has 1 aromatic heterocycles. The van der Waals surface area contributed by atoms with Crippen LogP contribution in [0.25, 0.3) is 10.8 Å². The first kappa shape index (κ1) is 14.3. The van der Waals surface area contributed by atoms with Gasteiger partial charge in [0.1, 0.15) is 0 Å². The Balaban J connectivity index is 2.04. The van der Waals surface area contributed by atoms with Crippen LogP contribution < -0.4 is 5.73 Å². The first-order valence-electron chi connectivity index (χ1n) is 7.09. The Labute approximate surface area is 121 Å². The van der Waals surface area contributed by atoms with Crippen LogP contribution in [0.3, 0.4) is 0 Å². The van der Waals surface area contributed by atoms with Crippen molar-refractivity contribution >= 4 is 10.8 Å². The maximum absolute atomic E-state index is 13.0. The minimum atomic E-state index is -4.17. The van der Waals surface area contributed by atoms with Crippen molar-refractivity contribution in [2.75, 3.05) is 0 Å². The van der Waals surface area contributed by atoms with Crippen LogP contribution in [0.1, 0.15) is 31.2 Å². The molecule has 0 spiro atoms. The number of nitrogens with two attached hydrogens (primary N) is 1. The van der Waals surface area contributed by atoms with Crippen LogP contribution in [0, 0.1) is 5.92 Å². The van der Waals surface area contributed by atoms with Crippen LogP contribution in [0.15, 0.2) is 36.7 Å². The lowest BCUT2D eigenvalue weighted by Crippen LogP contribution is -2.45. The lowest BCUT2D eigenvalue weighted by atomic mass is 9.71. The first-order chi connectivity index (χ1) is 9.90. The van der Waals surface area contributed by atoms with Crippen molar-refractivity contribution in [3.05, 3.63) is 42.2 Å². The van der Waals surface area contributed by atoms with Gasteiger partial charge in [-0.3, -0.25) is 4.98 Å². The summed E-state index contributed by atoms with van der Waals surface area (Å²) >= 11 is 0. The van der Waals surface area contributed by atoms with Gasteiger partial charge in [0.15, 0.2) is 0 Å². The van der Waals surface area contributed by atoms with Crippen molar-refractivity contribution in [3.8, 4) is 0 Å². The van der Waals surface area contributed by atoms with Gasteiger partial charge < -0.3 is 5.73 Å². The van der Waals surface area contributed by atoms with Crippen LogP contribution in [0.2, 0.25) is 0 Å². The van der Waals surface area contributed by atoms with Gasteiger partial charge in [-0.2, -0.15) is 13.2 Å². The van der Waals surface area contributed by atoms with Gasteiger partial charge in [0.2, 0.25) is 0 Å². The molecule has 2 N–H and O–H groups in total. The number of aromatic nitrogens is 1. The molecule has 1 fully saturated rings. The number of pyridine rings is 1. The van der Waals surface area contributed by atoms with E-state index in [1.165, 1.54) is 0 Å². The molecule has 0 amide bonds. The minimum absolute atomic E-state index is 0.0437. The second-order valence-electron chi connectivity index (χ2n) is 5.89. The van der Waals surface area contributed by atoms with Gasteiger partial charge in [0.25, 0.3) is 0 Å². The molecule has 0 saturated heterocycles. The Hall–Kier alpha value is -1.62. The predicted molar refractivity (Wildman–Crippen MR) is 75.6 cm³/mol. The number of benzene rings is 1. The molecule has 2 unspecified atom stereocenters. The molecule has 1 aliphatic carbocycles. The Morgan fingerprint density at radius 1 is 1.24 bits per heavy atom. The molecule has 0 radical (unpaired) electrons. The Kier molecular flexibility index (Phi) is 3.40. The molecule has 112 valence electrons. The van der Waals surface area contributed by atoms with Crippen molar-refractivity contribution in [2.24, 2.45) is 11.7 Å². The van der Waals surface area contributed by atoms with Gasteiger partial charge in [-0.15, -0.1) is 0 Å². The number of nitrogens with zero attached hydrogens (tertiary/aromatic N) is 1. The van der Waals surface area contributed by atoms with Crippen molar-refractivity contribution in [1.82, 2.24) is 4.98 Å². The van der Waals surface area contributed by atoms with Crippen molar-refractivity contribution in [2.45, 2.75) is 37.4 Å². The zero-order chi connectivity index (χ0) is 15.1. The maximum Gasteiger partial charge on any atom is 0.391 e. The minimum Gasteiger partial charge on any atom is -0.321 e. The van der Waals surface area contributed by atoms with Gasteiger partial charge in [-0.05, 0) is 36.3 Å². The fourth-order valence-corrected chi connectivity index (χ4v) is 3.39. The number of fused-ring (bicyclic) bond motifs is 1. The van der Waals surface area contributed by atoms with Gasteiger partial charge in [-0.1, -0.05) is 24.6 Å². The lowest BCUT2D eigenvalue weighted by Gasteiger charge is -2.39. The van der Waals surface area contributed by atoms with Gasteiger partial charge in [0.05, 0.1) is 5.92 Å². The van der Waals surface area contributed by atoms with E-state index in [2.05, 4.69) is 4.98 Å². The highest BCUT2D eigenvalue weighted by molar-refractivity contribution is 5.85. The first-order valence-corrected chi connectivity index (χ1v) is 7.09. The third-order valence-electron chi connectivity index (χ3n) is 4.47. The molecule has 1 heterocycles. The highest BCUT2D eigenvalue weighted by Crippen LogP contribution is 2.46. The van der Waals surface area contributed by atoms with Crippen LogP contribution in [0.4, 0.5) is 13.2 Å². The van der Waals surface area contributed by atoms with Gasteiger partial charge >= 0.3 is 6.18 Å². The fourth-order valence-electron chi connectivity index (χ4n) is 3.39. The van der Waals surface area contributed by atoms with E-state index in [0.717, 1.165) is 16.3 Å². The summed E-state index contributed by atoms with van der Waals surface area (Å²) in [4.78, 5) is 4.06. The molecule has 1 aromatic carbocycles. The summed E-state index contributed by atoms with van der Waals surface area (Å²) in [5.74, 6) is -1.31. The second-order valence-corrected chi connectivity index (χ2v) is 5.89. The number of hydrogen-bond acceptors (Lipinski definition) is 2. The summed E-state index contributed by atoms with van der Waals surface area (Å²) in [5.41, 5.74) is 6.30. The van der Waals surface area contributed by atoms with Gasteiger partial charge in [0, 0.05) is 23.3 Å². The highest BCUT2D eigenvalue weighted by atomic mass is 19.4. The van der Waals surface area contributed by atoms with E-state index in [9.17, 15) is 13.2 Å². The number of halogens is 3. The molecule has 1 aliphatic rings. The third kappa shape index (κ3) is 2.62. The quantitative estimate of drug-likeness (QED) is 0.858. The molecule has 21 heavy (non-hydrogen) atoms. The van der Waals surface area contributed by atoms with Gasteiger partial charge in [-0.25, -0.2) is 0 Å². The monoisotopic (exact) mass is 294 g/mol. The Morgan fingerprint density at radius 3 is 2.81 bits per heavy atom. The summed E-state index contributed by atoms with van der Waals surface area (Å²) in [6.07, 6.45) is 0.415. The van der Waals surface area contributed by atoms with E-state index in [1.807, 2.05) is 24.3 Å². The molecule has 3 rings (SSSR count). The van der Waals surface area contributed by atoms with E-state index in [0.29, 0.717) is 12.8 Å². The summed E-state index contributed by atoms with van der Waals surface area (Å²) in [5, 5.41) is 1.81. The maximum atomic E-state index is 13.0. The molecule has 1 saturated carbocycles. The Bertz CT molecular complexity index is 648. The van der Waals surface area contributed by atoms with Crippen molar-refractivity contribution < 1.29 is 13.2 Å². The van der Waals surface area contributed by atoms with E-state index in [4.69, 9.17) is 5.73 Å². The smallest absolute Gasteiger partial charge is 0.321 e. The molecule has 0 aliphatic heterocycles. The zero-order valence-electron chi connectivity index (χ0n) is 11.5. The predicted octanol–water partition coefficient (Wildman–Crippen LogP) is 4.14. The second kappa shape index (κ2) is 4.98. The molecule has 2 nitrogen and oxygen atoms in total. The summed E-state index contributed by atoms with van der Waals surface area (Å²) in [6.45, 7) is 0. The van der Waals surface area contributed by atoms with E-state index in [1.54, 1.807) is 12.4 Å². The van der Waals surface area contributed by atoms with E-state index >= 15 is 0 Å². The van der Waals surface area contributed by atoms with E-state index in [-0.39, 0.29) is 12.8 Å². The largest absolute Gasteiger partial charge is 0.391 e. The van der Waals surface area contributed by atoms with Crippen LogP contribution in [-0.2, 0) is 5.54 Å². The SMILES string of the molecule is NC1(c2cccc3cnccc23)CCCC(C(F)(F)F)C1. The molecular weight excluding hydrogens is 277 g/mol. The number of rotatable bonds is 1. The lowest BCUT2D eigenvalue weighted by molar-refractivity contribution is -0.187. The number of hydrogen-bond donors (Lipinski definition) is 1. The summed E-state index contributed by atoms with van der Waals surface area (Å²) in [7, 11) is 0. The highest BCUT2D eigenvalue weighted by Gasteiger charge is 2.47. The average Bonchev–Trinajstić information content (AvgIpc) is 2.46. The third-order valence-corrected chi connectivity index (χ3v) is 4.47. The van der Waals surface area contributed by atoms with Crippen LogP contribution in [0.5, 0.6) is 0 Å². The van der Waals surface area contributed by atoms with E-state index < -0.39 is 17.6 Å². The summed E-state index contributed by atoms with van der Waals surface area (Å²) < 4.78 is 39.1. The molecule has 5 heteroatoms. The molecule has 2 atom stereocenters. The Morgan fingerprint density at radius 2 is 2.05 bits per heavy atom. The topological polar surface area (TPSA) is 38.9 Å². The molecule has 0 bridgehead atoms. The summed E-state index contributed by atoms with van der Waals surface area (Å²) in [6, 6.07) is 7.42. The normalized spacial score (nSPS) is 27.0. The van der Waals surface area contributed by atoms with Crippen LogP contribution in [-0.4, -0.2) is 11.2 Å². The van der Waals surface area contributed by atoms with Crippen molar-refractivity contribution in [1.29, 1.82) is 0 Å². The molecule has 2 aromatic rings. The van der Waals surface area contributed by atoms with Crippen molar-refractivity contribution in [3.63, 3.8) is 0 Å². The fraction of sp³-hybridized carbons (Fsp3) is 0.438. The zero-order valence-corrected chi connectivity index (χ0v) is 11.5. The van der Waals surface area contributed by atoms with Crippen LogP contribution >= 0.6 is 0 Å². The standard InChI is InChI=1S/C16H17F3N2/c17-16(18,19)12-4-2-7-15(20,9-12)14-5-1-3-11-10-21-8-6-13(11)14/h1,3,5-6,8,10,12H,2,4,7,9,20H2. The number of alkyl halides is 3. The molecular formula is C16H17F3N2. The average molecular weight is 294 g/mol.